The fraction of sp³-hybridized carbons (Fsp3) is 0.100. The van der Waals surface area contributed by atoms with Gasteiger partial charge in [-0.1, -0.05) is 24.3 Å². The first-order valence-corrected chi connectivity index (χ1v) is 8.11. The molecule has 0 aliphatic carbocycles. The predicted molar refractivity (Wildman–Crippen MR) is 98.1 cm³/mol. The van der Waals surface area contributed by atoms with E-state index in [0.29, 0.717) is 5.82 Å². The number of anilines is 3. The maximum atomic E-state index is 12.8. The Labute approximate surface area is 154 Å². The van der Waals surface area contributed by atoms with Gasteiger partial charge in [0.05, 0.1) is 11.1 Å². The Morgan fingerprint density at radius 2 is 1.78 bits per heavy atom. The monoisotopic (exact) mass is 371 g/mol. The number of rotatable bonds is 4. The van der Waals surface area contributed by atoms with Gasteiger partial charge in [0, 0.05) is 17.6 Å². The SMILES string of the molecule is Cc1ccccc1Nc1ncccc1C(=O)Nc1cccc(C(F)(F)F)c1. The van der Waals surface area contributed by atoms with E-state index >= 15 is 0 Å². The van der Waals surface area contributed by atoms with Crippen LogP contribution in [0.2, 0.25) is 0 Å². The van der Waals surface area contributed by atoms with Crippen molar-refractivity contribution in [3.8, 4) is 0 Å². The second-order valence-electron chi connectivity index (χ2n) is 5.87. The molecule has 0 bridgehead atoms. The van der Waals surface area contributed by atoms with Crippen molar-refractivity contribution in [2.45, 2.75) is 13.1 Å². The zero-order valence-electron chi connectivity index (χ0n) is 14.3. The Hall–Kier alpha value is -3.35. The van der Waals surface area contributed by atoms with Crippen molar-refractivity contribution in [2.75, 3.05) is 10.6 Å². The number of nitrogens with one attached hydrogen (secondary N) is 2. The van der Waals surface area contributed by atoms with Crippen LogP contribution in [0.1, 0.15) is 21.5 Å². The van der Waals surface area contributed by atoms with Crippen LogP contribution in [-0.4, -0.2) is 10.9 Å². The summed E-state index contributed by atoms with van der Waals surface area (Å²) in [4.78, 5) is 16.8. The van der Waals surface area contributed by atoms with Gasteiger partial charge >= 0.3 is 6.18 Å². The molecule has 0 unspecified atom stereocenters. The van der Waals surface area contributed by atoms with Crippen molar-refractivity contribution in [2.24, 2.45) is 0 Å². The van der Waals surface area contributed by atoms with Crippen LogP contribution in [0, 0.1) is 6.92 Å². The third kappa shape index (κ3) is 4.44. The quantitative estimate of drug-likeness (QED) is 0.645. The number of halogens is 3. The smallest absolute Gasteiger partial charge is 0.339 e. The van der Waals surface area contributed by atoms with E-state index in [0.717, 1.165) is 23.4 Å². The largest absolute Gasteiger partial charge is 0.416 e. The molecule has 0 spiro atoms. The molecule has 1 heterocycles. The Morgan fingerprint density at radius 1 is 1.00 bits per heavy atom. The number of pyridine rings is 1. The van der Waals surface area contributed by atoms with Gasteiger partial charge in [0.2, 0.25) is 0 Å². The fourth-order valence-corrected chi connectivity index (χ4v) is 2.50. The van der Waals surface area contributed by atoms with E-state index in [1.54, 1.807) is 12.1 Å². The summed E-state index contributed by atoms with van der Waals surface area (Å²) in [5.74, 6) is -0.241. The van der Waals surface area contributed by atoms with Gasteiger partial charge in [-0.25, -0.2) is 4.98 Å². The van der Waals surface area contributed by atoms with Crippen LogP contribution in [0.3, 0.4) is 0 Å². The standard InChI is InChI=1S/C20H16F3N3O/c1-13-6-2-3-10-17(13)26-18-16(9-5-11-24-18)19(27)25-15-8-4-7-14(12-15)20(21,22)23/h2-12H,1H3,(H,24,26)(H,25,27). The summed E-state index contributed by atoms with van der Waals surface area (Å²) in [5, 5.41) is 5.58. The molecular formula is C20H16F3N3O. The first kappa shape index (κ1) is 18.4. The number of nitrogens with zero attached hydrogens (tertiary/aromatic N) is 1. The molecule has 0 saturated carbocycles. The van der Waals surface area contributed by atoms with Gasteiger partial charge in [-0.3, -0.25) is 4.79 Å². The first-order chi connectivity index (χ1) is 12.8. The molecular weight excluding hydrogens is 355 g/mol. The van der Waals surface area contributed by atoms with Gasteiger partial charge in [-0.05, 0) is 48.9 Å². The number of benzene rings is 2. The van der Waals surface area contributed by atoms with E-state index in [4.69, 9.17) is 0 Å². The second kappa shape index (κ2) is 7.49. The summed E-state index contributed by atoms with van der Waals surface area (Å²) >= 11 is 0. The van der Waals surface area contributed by atoms with Crippen molar-refractivity contribution < 1.29 is 18.0 Å². The molecule has 0 fully saturated rings. The molecule has 138 valence electrons. The minimum atomic E-state index is -4.48. The molecule has 2 N–H and O–H groups in total. The molecule has 0 atom stereocenters. The summed E-state index contributed by atoms with van der Waals surface area (Å²) < 4.78 is 38.5. The number of amides is 1. The first-order valence-electron chi connectivity index (χ1n) is 8.11. The van der Waals surface area contributed by atoms with E-state index in [2.05, 4.69) is 15.6 Å². The summed E-state index contributed by atoms with van der Waals surface area (Å²) in [6.07, 6.45) is -2.95. The van der Waals surface area contributed by atoms with Gasteiger partial charge in [-0.2, -0.15) is 13.2 Å². The molecule has 0 radical (unpaired) electrons. The highest BCUT2D eigenvalue weighted by Gasteiger charge is 2.30. The Morgan fingerprint density at radius 3 is 2.52 bits per heavy atom. The number of para-hydroxylation sites is 1. The molecule has 1 amide bonds. The van der Waals surface area contributed by atoms with Gasteiger partial charge in [0.15, 0.2) is 0 Å². The Balaban J connectivity index is 1.85. The molecule has 0 aliphatic rings. The number of aromatic nitrogens is 1. The zero-order valence-corrected chi connectivity index (χ0v) is 14.3. The van der Waals surface area contributed by atoms with E-state index in [1.807, 2.05) is 31.2 Å². The molecule has 0 aliphatic heterocycles. The molecule has 3 rings (SSSR count). The summed E-state index contributed by atoms with van der Waals surface area (Å²) in [7, 11) is 0. The fourth-order valence-electron chi connectivity index (χ4n) is 2.50. The van der Waals surface area contributed by atoms with Crippen LogP contribution in [0.25, 0.3) is 0 Å². The van der Waals surface area contributed by atoms with Gasteiger partial charge in [-0.15, -0.1) is 0 Å². The number of hydrogen-bond donors (Lipinski definition) is 2. The van der Waals surface area contributed by atoms with E-state index in [-0.39, 0.29) is 11.3 Å². The zero-order chi connectivity index (χ0) is 19.4. The van der Waals surface area contributed by atoms with Crippen LogP contribution >= 0.6 is 0 Å². The molecule has 0 saturated heterocycles. The molecule has 1 aromatic heterocycles. The normalized spacial score (nSPS) is 11.1. The van der Waals surface area contributed by atoms with Gasteiger partial charge in [0.1, 0.15) is 5.82 Å². The summed E-state index contributed by atoms with van der Waals surface area (Å²) in [6.45, 7) is 1.91. The highest BCUT2D eigenvalue weighted by molar-refractivity contribution is 6.07. The lowest BCUT2D eigenvalue weighted by Crippen LogP contribution is -2.15. The van der Waals surface area contributed by atoms with Crippen LogP contribution in [0.5, 0.6) is 0 Å². The summed E-state index contributed by atoms with van der Waals surface area (Å²) in [5.41, 5.74) is 1.19. The molecule has 7 heteroatoms. The third-order valence-electron chi connectivity index (χ3n) is 3.90. The minimum absolute atomic E-state index is 0.0560. The van der Waals surface area contributed by atoms with Crippen LogP contribution in [0.4, 0.5) is 30.4 Å². The Bertz CT molecular complexity index is 970. The van der Waals surface area contributed by atoms with E-state index < -0.39 is 17.6 Å². The number of carbonyl (C=O) groups excluding carboxylic acids is 1. The van der Waals surface area contributed by atoms with Crippen molar-refractivity contribution in [1.82, 2.24) is 4.98 Å². The Kier molecular flexibility index (Phi) is 5.12. The lowest BCUT2D eigenvalue weighted by Gasteiger charge is -2.13. The molecule has 3 aromatic rings. The highest BCUT2D eigenvalue weighted by atomic mass is 19.4. The molecule has 27 heavy (non-hydrogen) atoms. The summed E-state index contributed by atoms with van der Waals surface area (Å²) in [6, 6.07) is 15.1. The minimum Gasteiger partial charge on any atom is -0.339 e. The maximum absolute atomic E-state index is 12.8. The number of alkyl halides is 3. The topological polar surface area (TPSA) is 54.0 Å². The lowest BCUT2D eigenvalue weighted by atomic mass is 10.1. The third-order valence-corrected chi connectivity index (χ3v) is 3.90. The average molecular weight is 371 g/mol. The van der Waals surface area contributed by atoms with Gasteiger partial charge in [0.25, 0.3) is 5.91 Å². The number of hydrogen-bond acceptors (Lipinski definition) is 3. The van der Waals surface area contributed by atoms with E-state index in [9.17, 15) is 18.0 Å². The predicted octanol–water partition coefficient (Wildman–Crippen LogP) is 5.40. The number of carbonyl (C=O) groups is 1. The second-order valence-corrected chi connectivity index (χ2v) is 5.87. The van der Waals surface area contributed by atoms with Gasteiger partial charge < -0.3 is 10.6 Å². The lowest BCUT2D eigenvalue weighted by molar-refractivity contribution is -0.137. The maximum Gasteiger partial charge on any atom is 0.416 e. The van der Waals surface area contributed by atoms with Crippen LogP contribution in [-0.2, 0) is 6.18 Å². The highest BCUT2D eigenvalue weighted by Crippen LogP contribution is 2.31. The average Bonchev–Trinajstić information content (AvgIpc) is 2.63. The number of aryl methyl sites for hydroxylation is 1. The van der Waals surface area contributed by atoms with Crippen LogP contribution in [0.15, 0.2) is 66.9 Å². The van der Waals surface area contributed by atoms with Crippen molar-refractivity contribution in [3.05, 3.63) is 83.6 Å². The van der Waals surface area contributed by atoms with Crippen molar-refractivity contribution in [1.29, 1.82) is 0 Å². The van der Waals surface area contributed by atoms with Crippen molar-refractivity contribution in [3.63, 3.8) is 0 Å². The molecule has 4 nitrogen and oxygen atoms in total. The van der Waals surface area contributed by atoms with Crippen LogP contribution < -0.4 is 10.6 Å². The van der Waals surface area contributed by atoms with Crippen molar-refractivity contribution >= 4 is 23.1 Å². The van der Waals surface area contributed by atoms with E-state index in [1.165, 1.54) is 18.3 Å². The molecule has 2 aromatic carbocycles.